The molecule has 0 saturated heterocycles. The molecule has 0 atom stereocenters. The highest BCUT2D eigenvalue weighted by Crippen LogP contribution is 2.33. The lowest BCUT2D eigenvalue weighted by molar-refractivity contribution is 0.162. The van der Waals surface area contributed by atoms with Crippen LogP contribution in [0.25, 0.3) is 0 Å². The minimum atomic E-state index is -3.48. The van der Waals surface area contributed by atoms with E-state index in [-0.39, 0.29) is 10.4 Å². The van der Waals surface area contributed by atoms with Crippen LogP contribution in [-0.4, -0.2) is 49.7 Å². The van der Waals surface area contributed by atoms with E-state index in [2.05, 4.69) is 19.8 Å². The van der Waals surface area contributed by atoms with Gasteiger partial charge in [-0.1, -0.05) is 12.8 Å². The van der Waals surface area contributed by atoms with Gasteiger partial charge in [-0.2, -0.15) is 5.10 Å². The summed E-state index contributed by atoms with van der Waals surface area (Å²) in [5.74, 6) is 0. The van der Waals surface area contributed by atoms with E-state index in [0.717, 1.165) is 25.7 Å². The van der Waals surface area contributed by atoms with E-state index in [4.69, 9.17) is 0 Å². The first-order valence-electron chi connectivity index (χ1n) is 6.54. The van der Waals surface area contributed by atoms with Crippen molar-refractivity contribution in [3.63, 3.8) is 0 Å². The van der Waals surface area contributed by atoms with Crippen LogP contribution in [0.2, 0.25) is 0 Å². The molecule has 1 saturated carbocycles. The number of nitrogens with zero attached hydrogens (tertiary/aromatic N) is 2. The normalized spacial score (nSPS) is 19.2. The second-order valence-electron chi connectivity index (χ2n) is 5.51. The second-order valence-corrected chi connectivity index (χ2v) is 7.25. The zero-order chi connectivity index (χ0) is 14.1. The smallest absolute Gasteiger partial charge is 0.244 e. The molecule has 1 aromatic heterocycles. The molecule has 0 bridgehead atoms. The van der Waals surface area contributed by atoms with Crippen LogP contribution in [0.3, 0.4) is 0 Å². The number of H-pyrrole nitrogens is 1. The summed E-state index contributed by atoms with van der Waals surface area (Å²) in [5.41, 5.74) is 0.517. The number of hydrogen-bond donors (Lipinski definition) is 2. The van der Waals surface area contributed by atoms with Crippen LogP contribution in [0.4, 0.5) is 0 Å². The maximum Gasteiger partial charge on any atom is 0.244 e. The summed E-state index contributed by atoms with van der Waals surface area (Å²) in [7, 11) is 0.556. The first kappa shape index (κ1) is 14.5. The fourth-order valence-corrected chi connectivity index (χ4v) is 3.99. The van der Waals surface area contributed by atoms with Crippen molar-refractivity contribution in [2.75, 3.05) is 20.6 Å². The topological polar surface area (TPSA) is 78.1 Å². The minimum Gasteiger partial charge on any atom is -0.302 e. The summed E-state index contributed by atoms with van der Waals surface area (Å²) < 4.78 is 27.2. The molecule has 7 heteroatoms. The third kappa shape index (κ3) is 2.82. The molecule has 2 N–H and O–H groups in total. The summed E-state index contributed by atoms with van der Waals surface area (Å²) in [5, 5.41) is 6.42. The quantitative estimate of drug-likeness (QED) is 0.842. The molecule has 1 aliphatic rings. The highest BCUT2D eigenvalue weighted by molar-refractivity contribution is 7.89. The number of sulfonamides is 1. The molecule has 19 heavy (non-hydrogen) atoms. The van der Waals surface area contributed by atoms with Crippen molar-refractivity contribution in [2.24, 2.45) is 0 Å². The summed E-state index contributed by atoms with van der Waals surface area (Å²) >= 11 is 0. The van der Waals surface area contributed by atoms with E-state index in [0.29, 0.717) is 12.2 Å². The molecule has 0 amide bonds. The van der Waals surface area contributed by atoms with Gasteiger partial charge in [0.1, 0.15) is 4.90 Å². The first-order chi connectivity index (χ1) is 8.87. The summed E-state index contributed by atoms with van der Waals surface area (Å²) in [6.45, 7) is 2.16. The van der Waals surface area contributed by atoms with Gasteiger partial charge in [0.05, 0.1) is 11.9 Å². The Balaban J connectivity index is 2.12. The number of nitrogens with one attached hydrogen (secondary N) is 2. The first-order valence-corrected chi connectivity index (χ1v) is 8.03. The Kier molecular flexibility index (Phi) is 3.98. The number of likely N-dealkylation sites (N-methyl/N-ethyl adjacent to an activating group) is 1. The zero-order valence-electron chi connectivity index (χ0n) is 11.7. The Morgan fingerprint density at radius 1 is 1.42 bits per heavy atom. The van der Waals surface area contributed by atoms with Crippen molar-refractivity contribution in [3.05, 3.63) is 11.9 Å². The van der Waals surface area contributed by atoms with E-state index in [1.54, 1.807) is 6.92 Å². The van der Waals surface area contributed by atoms with E-state index >= 15 is 0 Å². The number of aromatic nitrogens is 2. The molecular weight excluding hydrogens is 264 g/mol. The van der Waals surface area contributed by atoms with E-state index in [9.17, 15) is 8.42 Å². The Morgan fingerprint density at radius 3 is 2.53 bits per heavy atom. The Labute approximate surface area is 114 Å². The highest BCUT2D eigenvalue weighted by atomic mass is 32.2. The van der Waals surface area contributed by atoms with Gasteiger partial charge in [-0.25, -0.2) is 13.1 Å². The molecular formula is C12H22N4O2S. The SMILES string of the molecule is Cc1[nH]ncc1S(=O)(=O)NCC1(N(C)C)CCCC1. The Hall–Kier alpha value is -0.920. The molecule has 1 heterocycles. The molecule has 1 fully saturated rings. The van der Waals surface area contributed by atoms with Crippen LogP contribution >= 0.6 is 0 Å². The summed E-state index contributed by atoms with van der Waals surface area (Å²) in [4.78, 5) is 2.38. The van der Waals surface area contributed by atoms with Gasteiger partial charge >= 0.3 is 0 Å². The third-order valence-electron chi connectivity index (χ3n) is 4.15. The molecule has 0 unspecified atom stereocenters. The van der Waals surface area contributed by atoms with Crippen LogP contribution < -0.4 is 4.72 Å². The standard InChI is InChI=1S/C12H22N4O2S/c1-10-11(8-13-15-10)19(17,18)14-9-12(16(2)3)6-4-5-7-12/h8,14H,4-7,9H2,1-3H3,(H,13,15). The molecule has 108 valence electrons. The molecule has 1 aliphatic carbocycles. The van der Waals surface area contributed by atoms with Gasteiger partial charge in [0, 0.05) is 12.1 Å². The predicted molar refractivity (Wildman–Crippen MR) is 73.4 cm³/mol. The molecule has 2 rings (SSSR count). The minimum absolute atomic E-state index is 0.0509. The van der Waals surface area contributed by atoms with E-state index < -0.39 is 10.0 Å². The average Bonchev–Trinajstić information content (AvgIpc) is 2.96. The maximum absolute atomic E-state index is 12.2. The fraction of sp³-hybridized carbons (Fsp3) is 0.750. The van der Waals surface area contributed by atoms with Gasteiger partial charge in [-0.05, 0) is 33.9 Å². The highest BCUT2D eigenvalue weighted by Gasteiger charge is 2.37. The third-order valence-corrected chi connectivity index (χ3v) is 5.66. The lowest BCUT2D eigenvalue weighted by atomic mass is 9.97. The largest absolute Gasteiger partial charge is 0.302 e. The monoisotopic (exact) mass is 286 g/mol. The van der Waals surface area contributed by atoms with Gasteiger partial charge in [-0.3, -0.25) is 5.10 Å². The van der Waals surface area contributed by atoms with Gasteiger partial charge in [0.15, 0.2) is 0 Å². The number of rotatable bonds is 5. The lowest BCUT2D eigenvalue weighted by Crippen LogP contribution is -2.50. The molecule has 0 spiro atoms. The van der Waals surface area contributed by atoms with Gasteiger partial charge in [-0.15, -0.1) is 0 Å². The van der Waals surface area contributed by atoms with Crippen LogP contribution in [0, 0.1) is 6.92 Å². The van der Waals surface area contributed by atoms with Gasteiger partial charge < -0.3 is 4.90 Å². The van der Waals surface area contributed by atoms with Crippen LogP contribution in [0.5, 0.6) is 0 Å². The second kappa shape index (κ2) is 5.22. The van der Waals surface area contributed by atoms with Crippen molar-refractivity contribution in [2.45, 2.75) is 43.0 Å². The molecule has 6 nitrogen and oxygen atoms in total. The lowest BCUT2D eigenvalue weighted by Gasteiger charge is -2.36. The number of aromatic amines is 1. The molecule has 0 aliphatic heterocycles. The van der Waals surface area contributed by atoms with Crippen LogP contribution in [0.15, 0.2) is 11.1 Å². The molecule has 0 radical (unpaired) electrons. The molecule has 0 aromatic carbocycles. The van der Waals surface area contributed by atoms with Crippen LogP contribution in [0.1, 0.15) is 31.4 Å². The van der Waals surface area contributed by atoms with Crippen molar-refractivity contribution >= 4 is 10.0 Å². The van der Waals surface area contributed by atoms with Crippen LogP contribution in [-0.2, 0) is 10.0 Å². The van der Waals surface area contributed by atoms with Gasteiger partial charge in [0.2, 0.25) is 10.0 Å². The summed E-state index contributed by atoms with van der Waals surface area (Å²) in [6, 6.07) is 0. The van der Waals surface area contributed by atoms with Crippen molar-refractivity contribution in [1.82, 2.24) is 19.8 Å². The number of hydrogen-bond acceptors (Lipinski definition) is 4. The fourth-order valence-electron chi connectivity index (χ4n) is 2.73. The van der Waals surface area contributed by atoms with Crippen molar-refractivity contribution in [1.29, 1.82) is 0 Å². The number of aryl methyl sites for hydroxylation is 1. The zero-order valence-corrected chi connectivity index (χ0v) is 12.5. The van der Waals surface area contributed by atoms with Crippen molar-refractivity contribution < 1.29 is 8.42 Å². The summed E-state index contributed by atoms with van der Waals surface area (Å²) in [6.07, 6.45) is 5.74. The predicted octanol–water partition coefficient (Wildman–Crippen LogP) is 0.871. The maximum atomic E-state index is 12.2. The average molecular weight is 286 g/mol. The van der Waals surface area contributed by atoms with Crippen molar-refractivity contribution in [3.8, 4) is 0 Å². The van der Waals surface area contributed by atoms with E-state index in [1.807, 2.05) is 14.1 Å². The Morgan fingerprint density at radius 2 is 2.05 bits per heavy atom. The molecule has 1 aromatic rings. The Bertz CT molecular complexity index is 530. The van der Waals surface area contributed by atoms with E-state index in [1.165, 1.54) is 6.20 Å². The van der Waals surface area contributed by atoms with Gasteiger partial charge in [0.25, 0.3) is 0 Å².